The number of rotatable bonds is 6. The molecule has 0 aromatic heterocycles. The van der Waals surface area contributed by atoms with Gasteiger partial charge in [0.25, 0.3) is 6.47 Å². The molecular weight excluding hydrogens is 304 g/mol. The van der Waals surface area contributed by atoms with Crippen LogP contribution in [0, 0.1) is 17.8 Å². The van der Waals surface area contributed by atoms with Gasteiger partial charge in [-0.25, -0.2) is 0 Å². The van der Waals surface area contributed by atoms with Gasteiger partial charge in [-0.3, -0.25) is 4.79 Å². The molecule has 7 nitrogen and oxygen atoms in total. The van der Waals surface area contributed by atoms with Crippen LogP contribution in [-0.2, 0) is 14.3 Å². The lowest BCUT2D eigenvalue weighted by Crippen LogP contribution is -2.52. The van der Waals surface area contributed by atoms with E-state index >= 15 is 0 Å². The highest BCUT2D eigenvalue weighted by atomic mass is 16.7. The van der Waals surface area contributed by atoms with Crippen molar-refractivity contribution in [1.82, 2.24) is 0 Å². The van der Waals surface area contributed by atoms with Crippen molar-refractivity contribution in [1.29, 1.82) is 0 Å². The molecule has 1 saturated heterocycles. The van der Waals surface area contributed by atoms with Gasteiger partial charge in [0.2, 0.25) is 0 Å². The molecule has 7 atom stereocenters. The largest absolute Gasteiger partial charge is 0.483 e. The second-order valence-electron chi connectivity index (χ2n) is 6.41. The predicted octanol–water partition coefficient (Wildman–Crippen LogP) is 0.850. The van der Waals surface area contributed by atoms with Gasteiger partial charge in [-0.1, -0.05) is 27.7 Å². The maximum absolute atomic E-state index is 10.1. The first-order valence-electron chi connectivity index (χ1n) is 8.58. The van der Waals surface area contributed by atoms with Crippen LogP contribution >= 0.6 is 0 Å². The van der Waals surface area contributed by atoms with Crippen molar-refractivity contribution in [3.05, 3.63) is 0 Å². The first kappa shape index (κ1) is 20.3. The van der Waals surface area contributed by atoms with Crippen LogP contribution in [0.2, 0.25) is 0 Å². The smallest absolute Gasteiger partial charge is 0.290 e. The van der Waals surface area contributed by atoms with Crippen molar-refractivity contribution < 1.29 is 36.1 Å². The van der Waals surface area contributed by atoms with E-state index in [4.69, 9.17) is 20.7 Å². The van der Waals surface area contributed by atoms with Crippen LogP contribution < -0.4 is 0 Å². The molecule has 0 aliphatic carbocycles. The van der Waals surface area contributed by atoms with Gasteiger partial charge >= 0.3 is 0 Å². The first-order chi connectivity index (χ1) is 11.2. The van der Waals surface area contributed by atoms with Gasteiger partial charge in [-0.2, -0.15) is 0 Å². The van der Waals surface area contributed by atoms with E-state index in [0.717, 1.165) is 0 Å². The fourth-order valence-corrected chi connectivity index (χ4v) is 2.15. The molecule has 0 amide bonds. The van der Waals surface area contributed by atoms with Gasteiger partial charge in [-0.15, -0.1) is 0 Å². The normalized spacial score (nSPS) is 32.3. The molecule has 1 rings (SSSR count). The van der Waals surface area contributed by atoms with Gasteiger partial charge in [0.15, 0.2) is 6.29 Å². The SMILES string of the molecule is O=CO.[2H]CC(O)C(O)C1OC(OCC(C)C(C)C)CC(O)C1C. The highest BCUT2D eigenvalue weighted by Crippen LogP contribution is 2.29. The molecule has 0 bridgehead atoms. The Morgan fingerprint density at radius 1 is 1.39 bits per heavy atom. The van der Waals surface area contributed by atoms with Crippen molar-refractivity contribution in [2.75, 3.05) is 6.61 Å². The Kier molecular flexibility index (Phi) is 9.66. The number of carboxylic acid groups (broad SMARTS) is 1. The topological polar surface area (TPSA) is 116 Å². The summed E-state index contributed by atoms with van der Waals surface area (Å²) < 4.78 is 18.6. The Morgan fingerprint density at radius 2 is 1.96 bits per heavy atom. The summed E-state index contributed by atoms with van der Waals surface area (Å²) in [5, 5.41) is 36.7. The quantitative estimate of drug-likeness (QED) is 0.531. The molecule has 138 valence electrons. The first-order valence-corrected chi connectivity index (χ1v) is 7.87. The Hall–Kier alpha value is -0.730. The van der Waals surface area contributed by atoms with E-state index in [1.54, 1.807) is 6.92 Å². The molecule has 0 aromatic carbocycles. The van der Waals surface area contributed by atoms with E-state index in [1.807, 2.05) is 0 Å². The molecule has 0 aromatic rings. The summed E-state index contributed by atoms with van der Waals surface area (Å²) in [4.78, 5) is 8.36. The average Bonchev–Trinajstić information content (AvgIpc) is 2.54. The van der Waals surface area contributed by atoms with Crippen molar-refractivity contribution in [3.63, 3.8) is 0 Å². The molecule has 7 heteroatoms. The van der Waals surface area contributed by atoms with Crippen LogP contribution in [0.5, 0.6) is 0 Å². The van der Waals surface area contributed by atoms with Crippen molar-refractivity contribution in [3.8, 4) is 0 Å². The Bertz CT molecular complexity index is 342. The zero-order valence-electron chi connectivity index (χ0n) is 15.3. The van der Waals surface area contributed by atoms with E-state index in [-0.39, 0.29) is 19.3 Å². The zero-order chi connectivity index (χ0) is 18.9. The predicted molar refractivity (Wildman–Crippen MR) is 84.8 cm³/mol. The number of aliphatic hydroxyl groups excluding tert-OH is 3. The average molecular weight is 337 g/mol. The number of ether oxygens (including phenoxy) is 2. The second-order valence-corrected chi connectivity index (χ2v) is 6.41. The highest BCUT2D eigenvalue weighted by molar-refractivity contribution is 5.32. The molecule has 23 heavy (non-hydrogen) atoms. The van der Waals surface area contributed by atoms with Crippen LogP contribution in [0.15, 0.2) is 0 Å². The van der Waals surface area contributed by atoms with Crippen molar-refractivity contribution in [2.45, 2.75) is 71.7 Å². The summed E-state index contributed by atoms with van der Waals surface area (Å²) in [5.41, 5.74) is 0. The molecule has 0 spiro atoms. The minimum Gasteiger partial charge on any atom is -0.483 e. The minimum absolute atomic E-state index is 0.250. The summed E-state index contributed by atoms with van der Waals surface area (Å²) in [5.74, 6) is 0.542. The number of hydrogen-bond acceptors (Lipinski definition) is 6. The molecule has 1 aliphatic heterocycles. The standard InChI is InChI=1S/C15H30O5.CH2O2/c1-8(2)9(3)7-19-13-6-12(17)10(4)15(20-13)14(18)11(5)16;2-1-3/h8-18H,6-7H2,1-5H3;1H,(H,2,3)/i5D;. The van der Waals surface area contributed by atoms with Crippen LogP contribution in [0.4, 0.5) is 0 Å². The van der Waals surface area contributed by atoms with Crippen LogP contribution in [0.25, 0.3) is 0 Å². The molecule has 1 fully saturated rings. The summed E-state index contributed by atoms with van der Waals surface area (Å²) >= 11 is 0. The fourth-order valence-electron chi connectivity index (χ4n) is 2.15. The summed E-state index contributed by atoms with van der Waals surface area (Å²) in [6.07, 6.45) is -4.00. The molecule has 7 unspecified atom stereocenters. The van der Waals surface area contributed by atoms with E-state index in [0.29, 0.717) is 24.9 Å². The lowest BCUT2D eigenvalue weighted by atomic mass is 9.88. The van der Waals surface area contributed by atoms with Crippen LogP contribution in [-0.4, -0.2) is 64.2 Å². The molecule has 0 radical (unpaired) electrons. The summed E-state index contributed by atoms with van der Waals surface area (Å²) in [6, 6.07) is 0. The van der Waals surface area contributed by atoms with E-state index < -0.39 is 30.7 Å². The van der Waals surface area contributed by atoms with E-state index in [9.17, 15) is 15.3 Å². The molecule has 4 N–H and O–H groups in total. The monoisotopic (exact) mass is 337 g/mol. The lowest BCUT2D eigenvalue weighted by molar-refractivity contribution is -0.263. The van der Waals surface area contributed by atoms with E-state index in [1.165, 1.54) is 0 Å². The number of aliphatic hydroxyl groups is 3. The third-order valence-electron chi connectivity index (χ3n) is 4.28. The summed E-state index contributed by atoms with van der Waals surface area (Å²) in [7, 11) is 0. The highest BCUT2D eigenvalue weighted by Gasteiger charge is 2.40. The minimum atomic E-state index is -1.19. The number of hydrogen-bond donors (Lipinski definition) is 4. The van der Waals surface area contributed by atoms with Crippen LogP contribution in [0.3, 0.4) is 0 Å². The Labute approximate surface area is 139 Å². The Morgan fingerprint density at radius 3 is 2.43 bits per heavy atom. The lowest BCUT2D eigenvalue weighted by Gasteiger charge is -2.41. The molecule has 0 saturated carbocycles. The number of carbonyl (C=O) groups is 1. The third-order valence-corrected chi connectivity index (χ3v) is 4.28. The molecule has 1 aliphatic rings. The maximum Gasteiger partial charge on any atom is 0.290 e. The molecule has 1 heterocycles. The fraction of sp³-hybridized carbons (Fsp3) is 0.938. The summed E-state index contributed by atoms with van der Waals surface area (Å²) in [6.45, 7) is 8.05. The van der Waals surface area contributed by atoms with Crippen molar-refractivity contribution >= 4 is 6.47 Å². The Balaban J connectivity index is 0.00000163. The second kappa shape index (κ2) is 10.9. The van der Waals surface area contributed by atoms with Gasteiger partial charge < -0.3 is 29.9 Å². The molecular formula is C16H32O7. The van der Waals surface area contributed by atoms with Gasteiger partial charge in [0.05, 0.1) is 24.9 Å². The van der Waals surface area contributed by atoms with Gasteiger partial charge in [0.1, 0.15) is 6.10 Å². The van der Waals surface area contributed by atoms with Crippen molar-refractivity contribution in [2.24, 2.45) is 17.8 Å². The van der Waals surface area contributed by atoms with Gasteiger partial charge in [0, 0.05) is 13.7 Å². The van der Waals surface area contributed by atoms with Crippen LogP contribution in [0.1, 0.15) is 42.4 Å². The van der Waals surface area contributed by atoms with Gasteiger partial charge in [-0.05, 0) is 18.7 Å². The zero-order valence-corrected chi connectivity index (χ0v) is 14.3. The van der Waals surface area contributed by atoms with E-state index in [2.05, 4.69) is 20.8 Å². The maximum atomic E-state index is 10.1. The third kappa shape index (κ3) is 7.58.